The predicted octanol–water partition coefficient (Wildman–Crippen LogP) is 1.16. The van der Waals surface area contributed by atoms with Crippen LogP contribution in [0.3, 0.4) is 0 Å². The average molecular weight is 197 g/mol. The van der Waals surface area contributed by atoms with Gasteiger partial charge in [0.05, 0.1) is 6.61 Å². The molecule has 0 rings (SSSR count). The van der Waals surface area contributed by atoms with E-state index in [1.54, 1.807) is 7.11 Å². The van der Waals surface area contributed by atoms with Gasteiger partial charge < -0.3 is 15.3 Å². The van der Waals surface area contributed by atoms with E-state index in [1.807, 2.05) is 12.8 Å². The fraction of sp³-hybridized carbons (Fsp3) is 0.600. The fourth-order valence-corrected chi connectivity index (χ4v) is 1.03. The van der Waals surface area contributed by atoms with Crippen LogP contribution in [0.5, 0.6) is 0 Å². The molecule has 4 nitrogen and oxygen atoms in total. The zero-order valence-electron chi connectivity index (χ0n) is 8.46. The number of ether oxygens (including phenoxy) is 1. The molecule has 0 aromatic heterocycles. The van der Waals surface area contributed by atoms with E-state index in [2.05, 4.69) is 5.92 Å². The van der Waals surface area contributed by atoms with Crippen molar-refractivity contribution in [2.75, 3.05) is 13.7 Å². The van der Waals surface area contributed by atoms with E-state index >= 15 is 0 Å². The molecule has 0 fully saturated rings. The third-order valence-electron chi connectivity index (χ3n) is 1.83. The van der Waals surface area contributed by atoms with E-state index in [-0.39, 0.29) is 12.3 Å². The van der Waals surface area contributed by atoms with Crippen LogP contribution in [0, 0.1) is 23.2 Å². The molecule has 14 heavy (non-hydrogen) atoms. The summed E-state index contributed by atoms with van der Waals surface area (Å²) in [6.45, 7) is 2.45. The third-order valence-corrected chi connectivity index (χ3v) is 1.83. The normalized spacial score (nSPS) is 11.3. The molecule has 0 radical (unpaired) electrons. The Kier molecular flexibility index (Phi) is 6.42. The van der Waals surface area contributed by atoms with Gasteiger partial charge in [0.2, 0.25) is 0 Å². The highest BCUT2D eigenvalue weighted by Gasteiger charge is 2.10. The van der Waals surface area contributed by atoms with Crippen LogP contribution in [0.25, 0.3) is 0 Å². The largest absolute Gasteiger partial charge is 0.472 e. The first-order chi connectivity index (χ1) is 6.61. The Bertz CT molecular complexity index is 262. The van der Waals surface area contributed by atoms with Gasteiger partial charge in [-0.1, -0.05) is 12.8 Å². The fourth-order valence-electron chi connectivity index (χ4n) is 1.03. The molecule has 4 heteroatoms. The first kappa shape index (κ1) is 12.7. The van der Waals surface area contributed by atoms with Crippen molar-refractivity contribution >= 4 is 11.7 Å². The van der Waals surface area contributed by atoms with Crippen LogP contribution in [0.15, 0.2) is 0 Å². The topological polar surface area (TPSA) is 70.4 Å². The molecule has 0 saturated heterocycles. The Morgan fingerprint density at radius 3 is 2.71 bits per heavy atom. The number of aliphatic carboxylic acids is 1. The van der Waals surface area contributed by atoms with Crippen LogP contribution < -0.4 is 0 Å². The summed E-state index contributed by atoms with van der Waals surface area (Å²) < 4.78 is 4.94. The van der Waals surface area contributed by atoms with Crippen LogP contribution in [-0.2, 0) is 9.53 Å². The van der Waals surface area contributed by atoms with Gasteiger partial charge in [0, 0.05) is 31.1 Å². The lowest BCUT2D eigenvalue weighted by atomic mass is 9.99. The molecular formula is C10H15NO3. The molecule has 0 spiro atoms. The second-order valence-corrected chi connectivity index (χ2v) is 2.87. The minimum atomic E-state index is -1.16. The van der Waals surface area contributed by atoms with Crippen LogP contribution in [0.1, 0.15) is 19.8 Å². The summed E-state index contributed by atoms with van der Waals surface area (Å²) in [7, 11) is 1.58. The average Bonchev–Trinajstić information content (AvgIpc) is 2.13. The second kappa shape index (κ2) is 7.10. The Morgan fingerprint density at radius 1 is 1.64 bits per heavy atom. The number of carboxylic acid groups (broad SMARTS) is 1. The van der Waals surface area contributed by atoms with Gasteiger partial charge in [-0.15, -0.1) is 0 Å². The van der Waals surface area contributed by atoms with E-state index in [4.69, 9.17) is 15.3 Å². The number of carbonyl (C=O) groups is 1. The zero-order chi connectivity index (χ0) is 11.0. The van der Waals surface area contributed by atoms with E-state index in [0.717, 1.165) is 6.42 Å². The molecule has 0 aliphatic heterocycles. The molecule has 0 unspecified atom stereocenters. The maximum absolute atomic E-state index is 10.1. The van der Waals surface area contributed by atoms with E-state index in [9.17, 15) is 4.79 Å². The van der Waals surface area contributed by atoms with Gasteiger partial charge in [-0.3, -0.25) is 0 Å². The van der Waals surface area contributed by atoms with E-state index in [0.29, 0.717) is 12.3 Å². The highest BCUT2D eigenvalue weighted by molar-refractivity contribution is 5.90. The molecule has 0 amide bonds. The number of carboxylic acids is 1. The highest BCUT2D eigenvalue weighted by Crippen LogP contribution is 2.06. The lowest BCUT2D eigenvalue weighted by molar-refractivity contribution is -0.130. The Labute approximate surface area is 83.8 Å². The monoisotopic (exact) mass is 197 g/mol. The molecule has 0 aromatic carbocycles. The van der Waals surface area contributed by atoms with Crippen molar-refractivity contribution in [3.63, 3.8) is 0 Å². The van der Waals surface area contributed by atoms with Crippen molar-refractivity contribution < 1.29 is 14.6 Å². The number of hydrogen-bond donors (Lipinski definition) is 2. The summed E-state index contributed by atoms with van der Waals surface area (Å²) in [5.41, 5.74) is 0.433. The summed E-state index contributed by atoms with van der Waals surface area (Å²) >= 11 is 0. The van der Waals surface area contributed by atoms with Crippen molar-refractivity contribution in [3.05, 3.63) is 0 Å². The van der Waals surface area contributed by atoms with Gasteiger partial charge in [-0.25, -0.2) is 4.79 Å². The maximum Gasteiger partial charge on any atom is 0.381 e. The highest BCUT2D eigenvalue weighted by atomic mass is 16.5. The zero-order valence-corrected chi connectivity index (χ0v) is 8.46. The number of nitrogens with one attached hydrogen (secondary N) is 1. The Hall–Kier alpha value is -1.34. The van der Waals surface area contributed by atoms with Crippen LogP contribution in [-0.4, -0.2) is 30.5 Å². The number of methoxy groups -OCH3 is 1. The molecular weight excluding hydrogens is 182 g/mol. The second-order valence-electron chi connectivity index (χ2n) is 2.87. The maximum atomic E-state index is 10.1. The minimum Gasteiger partial charge on any atom is -0.472 e. The molecule has 0 aliphatic rings. The molecule has 1 atom stereocenters. The van der Waals surface area contributed by atoms with Crippen molar-refractivity contribution in [2.45, 2.75) is 19.8 Å². The SMILES string of the molecule is CC[C@H](COC)C(=N)CC#CC(=O)O. The summed E-state index contributed by atoms with van der Waals surface area (Å²) in [5.74, 6) is 3.30. The van der Waals surface area contributed by atoms with Crippen molar-refractivity contribution in [1.29, 1.82) is 5.41 Å². The smallest absolute Gasteiger partial charge is 0.381 e. The molecule has 2 N–H and O–H groups in total. The molecule has 0 saturated carbocycles. The minimum absolute atomic E-state index is 0.0445. The molecule has 0 aliphatic carbocycles. The van der Waals surface area contributed by atoms with Gasteiger partial charge in [-0.05, 0) is 6.42 Å². The Balaban J connectivity index is 4.06. The quantitative estimate of drug-likeness (QED) is 0.513. The first-order valence-electron chi connectivity index (χ1n) is 4.39. The van der Waals surface area contributed by atoms with Crippen molar-refractivity contribution in [3.8, 4) is 11.8 Å². The Morgan fingerprint density at radius 2 is 2.29 bits per heavy atom. The van der Waals surface area contributed by atoms with Crippen molar-refractivity contribution in [2.24, 2.45) is 5.92 Å². The predicted molar refractivity (Wildman–Crippen MR) is 53.4 cm³/mol. The van der Waals surface area contributed by atoms with Gasteiger partial charge in [0.15, 0.2) is 0 Å². The van der Waals surface area contributed by atoms with E-state index in [1.165, 1.54) is 0 Å². The van der Waals surface area contributed by atoms with Gasteiger partial charge in [-0.2, -0.15) is 0 Å². The lowest BCUT2D eigenvalue weighted by Crippen LogP contribution is -2.17. The molecule has 0 aromatic rings. The molecule has 78 valence electrons. The number of rotatable bonds is 5. The first-order valence-corrected chi connectivity index (χ1v) is 4.39. The van der Waals surface area contributed by atoms with Gasteiger partial charge in [0.1, 0.15) is 0 Å². The summed E-state index contributed by atoms with van der Waals surface area (Å²) in [4.78, 5) is 10.1. The van der Waals surface area contributed by atoms with Gasteiger partial charge in [0.25, 0.3) is 0 Å². The van der Waals surface area contributed by atoms with Crippen LogP contribution in [0.2, 0.25) is 0 Å². The summed E-state index contributed by atoms with van der Waals surface area (Å²) in [5, 5.41) is 15.9. The lowest BCUT2D eigenvalue weighted by Gasteiger charge is -2.12. The summed E-state index contributed by atoms with van der Waals surface area (Å²) in [6, 6.07) is 0. The van der Waals surface area contributed by atoms with Crippen molar-refractivity contribution in [1.82, 2.24) is 0 Å². The molecule has 0 heterocycles. The van der Waals surface area contributed by atoms with E-state index < -0.39 is 5.97 Å². The van der Waals surface area contributed by atoms with Gasteiger partial charge >= 0.3 is 5.97 Å². The van der Waals surface area contributed by atoms with Crippen LogP contribution in [0.4, 0.5) is 0 Å². The molecule has 0 bridgehead atoms. The third kappa shape index (κ3) is 5.33. The standard InChI is InChI=1S/C10H15NO3/c1-3-8(7-14-2)9(11)5-4-6-10(12)13/h8,11H,3,5,7H2,1-2H3,(H,12,13)/t8-/m1/s1. The summed E-state index contributed by atoms with van der Waals surface area (Å²) in [6.07, 6.45) is 1.01. The van der Waals surface area contributed by atoms with Crippen LogP contribution >= 0.6 is 0 Å². The number of hydrogen-bond acceptors (Lipinski definition) is 3.